The summed E-state index contributed by atoms with van der Waals surface area (Å²) in [4.78, 5) is 15.1. The summed E-state index contributed by atoms with van der Waals surface area (Å²) in [5, 5.41) is 0. The molecular weight excluding hydrogens is 316 g/mol. The quantitative estimate of drug-likeness (QED) is 0.684. The van der Waals surface area contributed by atoms with Gasteiger partial charge in [0.2, 0.25) is 5.91 Å². The van der Waals surface area contributed by atoms with Gasteiger partial charge in [-0.2, -0.15) is 0 Å². The maximum absolute atomic E-state index is 13.0. The lowest BCUT2D eigenvalue weighted by Gasteiger charge is -2.38. The number of piperidine rings is 1. The van der Waals surface area contributed by atoms with Crippen molar-refractivity contribution in [2.45, 2.75) is 57.5 Å². The first-order chi connectivity index (χ1) is 10.7. The number of ether oxygens (including phenoxy) is 2. The molecule has 5 nitrogen and oxygen atoms in total. The first-order valence-corrected chi connectivity index (χ1v) is 8.82. The summed E-state index contributed by atoms with van der Waals surface area (Å²) in [7, 11) is 1.72. The Bertz CT molecular complexity index is 341. The van der Waals surface area contributed by atoms with Crippen LogP contribution in [-0.4, -0.2) is 56.9 Å². The van der Waals surface area contributed by atoms with Gasteiger partial charge in [0.15, 0.2) is 0 Å². The molecule has 1 saturated carbocycles. The molecule has 0 radical (unpaired) electrons. The molecule has 0 spiro atoms. The number of hydrogen-bond acceptors (Lipinski definition) is 4. The van der Waals surface area contributed by atoms with Crippen LogP contribution in [0.1, 0.15) is 51.4 Å². The van der Waals surface area contributed by atoms with Crippen LogP contribution in [0.2, 0.25) is 0 Å². The summed E-state index contributed by atoms with van der Waals surface area (Å²) in [6, 6.07) is 0. The number of amides is 1. The first kappa shape index (κ1) is 20.7. The SMILES string of the molecule is COCCC1(C(=O)N2CCC(OCCCN)CC2)CCCC1.Cl. The molecule has 136 valence electrons. The molecule has 2 rings (SSSR count). The average molecular weight is 349 g/mol. The molecule has 6 heteroatoms. The van der Waals surface area contributed by atoms with Crippen LogP contribution in [0.5, 0.6) is 0 Å². The number of likely N-dealkylation sites (tertiary alicyclic amines) is 1. The van der Waals surface area contributed by atoms with Crippen molar-refractivity contribution in [2.75, 3.05) is 40.0 Å². The van der Waals surface area contributed by atoms with E-state index in [1.54, 1.807) is 7.11 Å². The Hall–Kier alpha value is -0.360. The van der Waals surface area contributed by atoms with E-state index in [1.165, 1.54) is 12.8 Å². The van der Waals surface area contributed by atoms with Crippen LogP contribution in [0.15, 0.2) is 0 Å². The van der Waals surface area contributed by atoms with E-state index in [4.69, 9.17) is 15.2 Å². The molecule has 1 heterocycles. The van der Waals surface area contributed by atoms with E-state index in [9.17, 15) is 4.79 Å². The van der Waals surface area contributed by atoms with Gasteiger partial charge in [0.25, 0.3) is 0 Å². The highest BCUT2D eigenvalue weighted by atomic mass is 35.5. The lowest BCUT2D eigenvalue weighted by molar-refractivity contribution is -0.145. The zero-order chi connectivity index (χ0) is 15.8. The van der Waals surface area contributed by atoms with Gasteiger partial charge in [0, 0.05) is 33.4 Å². The molecule has 2 fully saturated rings. The minimum atomic E-state index is -0.150. The van der Waals surface area contributed by atoms with Crippen LogP contribution in [0.3, 0.4) is 0 Å². The van der Waals surface area contributed by atoms with E-state index >= 15 is 0 Å². The number of halogens is 1. The number of nitrogens with zero attached hydrogens (tertiary/aromatic N) is 1. The highest BCUT2D eigenvalue weighted by molar-refractivity contribution is 5.85. The second-order valence-corrected chi connectivity index (χ2v) is 6.73. The Kier molecular flexibility index (Phi) is 9.44. The Morgan fingerprint density at radius 3 is 2.43 bits per heavy atom. The lowest BCUT2D eigenvalue weighted by Crippen LogP contribution is -2.48. The van der Waals surface area contributed by atoms with Crippen LogP contribution >= 0.6 is 12.4 Å². The molecule has 0 bridgehead atoms. The third-order valence-electron chi connectivity index (χ3n) is 5.23. The fraction of sp³-hybridized carbons (Fsp3) is 0.941. The summed E-state index contributed by atoms with van der Waals surface area (Å²) in [5.41, 5.74) is 5.34. The Labute approximate surface area is 146 Å². The van der Waals surface area contributed by atoms with Gasteiger partial charge >= 0.3 is 0 Å². The maximum atomic E-state index is 13.0. The van der Waals surface area contributed by atoms with Crippen LogP contribution in [-0.2, 0) is 14.3 Å². The summed E-state index contributed by atoms with van der Waals surface area (Å²) in [6.07, 6.45) is 8.41. The number of rotatable bonds is 8. The van der Waals surface area contributed by atoms with Gasteiger partial charge in [-0.15, -0.1) is 12.4 Å². The number of hydrogen-bond donors (Lipinski definition) is 1. The molecule has 1 saturated heterocycles. The molecule has 0 aromatic carbocycles. The van der Waals surface area contributed by atoms with Crippen LogP contribution in [0, 0.1) is 5.41 Å². The van der Waals surface area contributed by atoms with E-state index < -0.39 is 0 Å². The van der Waals surface area contributed by atoms with Gasteiger partial charge in [-0.3, -0.25) is 4.79 Å². The molecule has 2 aliphatic rings. The number of carbonyl (C=O) groups excluding carboxylic acids is 1. The van der Waals surface area contributed by atoms with Crippen LogP contribution in [0.25, 0.3) is 0 Å². The predicted molar refractivity (Wildman–Crippen MR) is 93.9 cm³/mol. The highest BCUT2D eigenvalue weighted by Crippen LogP contribution is 2.43. The largest absolute Gasteiger partial charge is 0.385 e. The maximum Gasteiger partial charge on any atom is 0.228 e. The van der Waals surface area contributed by atoms with Crippen molar-refractivity contribution < 1.29 is 14.3 Å². The van der Waals surface area contributed by atoms with Gasteiger partial charge in [0.05, 0.1) is 11.5 Å². The third-order valence-corrected chi connectivity index (χ3v) is 5.23. The van der Waals surface area contributed by atoms with Gasteiger partial charge in [-0.1, -0.05) is 12.8 Å². The summed E-state index contributed by atoms with van der Waals surface area (Å²) in [6.45, 7) is 3.78. The predicted octanol–water partition coefficient (Wildman–Crippen LogP) is 2.36. The summed E-state index contributed by atoms with van der Waals surface area (Å²) in [5.74, 6) is 0.363. The van der Waals surface area contributed by atoms with Gasteiger partial charge < -0.3 is 20.1 Å². The van der Waals surface area contributed by atoms with E-state index in [-0.39, 0.29) is 17.8 Å². The van der Waals surface area contributed by atoms with E-state index in [2.05, 4.69) is 4.90 Å². The van der Waals surface area contributed by atoms with Gasteiger partial charge in [-0.25, -0.2) is 0 Å². The molecule has 0 aromatic heterocycles. The normalized spacial score (nSPS) is 21.2. The fourth-order valence-electron chi connectivity index (χ4n) is 3.81. The minimum Gasteiger partial charge on any atom is -0.385 e. The Balaban J connectivity index is 0.00000264. The summed E-state index contributed by atoms with van der Waals surface area (Å²) < 4.78 is 11.1. The van der Waals surface area contributed by atoms with Crippen LogP contribution in [0.4, 0.5) is 0 Å². The molecular formula is C17H33ClN2O3. The average Bonchev–Trinajstić information content (AvgIpc) is 3.03. The zero-order valence-electron chi connectivity index (χ0n) is 14.4. The summed E-state index contributed by atoms with van der Waals surface area (Å²) >= 11 is 0. The molecule has 0 unspecified atom stereocenters. The second kappa shape index (κ2) is 10.5. The zero-order valence-corrected chi connectivity index (χ0v) is 15.2. The molecule has 0 atom stereocenters. The molecule has 1 aliphatic carbocycles. The first-order valence-electron chi connectivity index (χ1n) is 8.82. The van der Waals surface area contributed by atoms with Gasteiger partial charge in [0.1, 0.15) is 0 Å². The fourth-order valence-corrected chi connectivity index (χ4v) is 3.81. The molecule has 2 N–H and O–H groups in total. The third kappa shape index (κ3) is 5.59. The number of nitrogens with two attached hydrogens (primary N) is 1. The molecule has 0 aromatic rings. The smallest absolute Gasteiger partial charge is 0.228 e. The standard InChI is InChI=1S/C17H32N2O3.ClH/c1-21-14-9-17(7-2-3-8-17)16(20)19-11-5-15(6-12-19)22-13-4-10-18;/h15H,2-14,18H2,1H3;1H. The van der Waals surface area contributed by atoms with Crippen molar-refractivity contribution in [1.29, 1.82) is 0 Å². The highest BCUT2D eigenvalue weighted by Gasteiger charge is 2.43. The Morgan fingerprint density at radius 2 is 1.87 bits per heavy atom. The minimum absolute atomic E-state index is 0. The Morgan fingerprint density at radius 1 is 1.22 bits per heavy atom. The molecule has 1 amide bonds. The lowest BCUT2D eigenvalue weighted by atomic mass is 9.81. The van der Waals surface area contributed by atoms with Crippen molar-refractivity contribution in [3.05, 3.63) is 0 Å². The van der Waals surface area contributed by atoms with Gasteiger partial charge in [-0.05, 0) is 45.1 Å². The van der Waals surface area contributed by atoms with Crippen molar-refractivity contribution >= 4 is 18.3 Å². The number of carbonyl (C=O) groups is 1. The monoisotopic (exact) mass is 348 g/mol. The van der Waals surface area contributed by atoms with E-state index in [0.717, 1.165) is 58.2 Å². The van der Waals surface area contributed by atoms with E-state index in [1.807, 2.05) is 0 Å². The van der Waals surface area contributed by atoms with Crippen molar-refractivity contribution in [3.8, 4) is 0 Å². The van der Waals surface area contributed by atoms with Crippen LogP contribution < -0.4 is 5.73 Å². The van der Waals surface area contributed by atoms with Crippen molar-refractivity contribution in [2.24, 2.45) is 11.1 Å². The van der Waals surface area contributed by atoms with E-state index in [0.29, 0.717) is 25.2 Å². The molecule has 1 aliphatic heterocycles. The topological polar surface area (TPSA) is 64.8 Å². The number of methoxy groups -OCH3 is 1. The molecule has 23 heavy (non-hydrogen) atoms. The van der Waals surface area contributed by atoms with Crippen molar-refractivity contribution in [3.63, 3.8) is 0 Å². The van der Waals surface area contributed by atoms with Crippen molar-refractivity contribution in [1.82, 2.24) is 4.90 Å². The second-order valence-electron chi connectivity index (χ2n) is 6.73.